The van der Waals surface area contributed by atoms with E-state index in [1.54, 1.807) is 0 Å². The molecule has 11 nitrogen and oxygen atoms in total. The molecule has 324 valence electrons. The number of ether oxygens (including phenoxy) is 4. The summed E-state index contributed by atoms with van der Waals surface area (Å²) in [4.78, 5) is 27.6. The molecule has 4 rings (SSSR count). The average Bonchev–Trinajstić information content (AvgIpc) is 3.59. The van der Waals surface area contributed by atoms with Gasteiger partial charge in [0.25, 0.3) is 0 Å². The second-order valence-corrected chi connectivity index (χ2v) is 31.6. The number of Topliss-reactive ketones (excluding diaryl/α,β-unsaturated/α-hetero) is 2. The van der Waals surface area contributed by atoms with Crippen molar-refractivity contribution in [3.63, 3.8) is 0 Å². The molecule has 0 spiro atoms. The molecule has 2 aliphatic heterocycles. The molecule has 0 amide bonds. The molecular formula is C42H77O11PSi2. The van der Waals surface area contributed by atoms with E-state index in [1.807, 2.05) is 0 Å². The summed E-state index contributed by atoms with van der Waals surface area (Å²) in [6.07, 6.45) is 9.24. The SMILES string of the molecule is COP(=O)(CC(=O)C[C@H]1/C(=C/CC[C@H]2C(=O)C[C@@H](OC3CCCCO3)[C@@H]2CO[Si](C)(C)C(C)(C)C)C[C@@H](OC2CCCCO2)[C@@H]1CO[Si](C)(C)C(C)(C)C)OC. The van der Waals surface area contributed by atoms with E-state index < -0.39 is 24.2 Å². The van der Waals surface area contributed by atoms with Crippen molar-refractivity contribution in [3.8, 4) is 0 Å². The van der Waals surface area contributed by atoms with Crippen molar-refractivity contribution in [1.82, 2.24) is 0 Å². The molecule has 0 aromatic rings. The molecule has 4 aliphatic rings. The fourth-order valence-electron chi connectivity index (χ4n) is 7.95. The zero-order valence-corrected chi connectivity index (χ0v) is 39.8. The molecule has 0 radical (unpaired) electrons. The molecular weight excluding hydrogens is 768 g/mol. The van der Waals surface area contributed by atoms with Gasteiger partial charge in [-0.1, -0.05) is 53.2 Å². The number of rotatable bonds is 19. The van der Waals surface area contributed by atoms with E-state index in [-0.39, 0.29) is 82.7 Å². The monoisotopic (exact) mass is 844 g/mol. The first-order valence-electron chi connectivity index (χ1n) is 21.4. The summed E-state index contributed by atoms with van der Waals surface area (Å²) in [5, 5.41) is 0.0466. The third-order valence-electron chi connectivity index (χ3n) is 13.8. The highest BCUT2D eigenvalue weighted by molar-refractivity contribution is 7.54. The number of carbonyl (C=O) groups is 2. The normalized spacial score (nSPS) is 30.7. The van der Waals surface area contributed by atoms with E-state index in [0.717, 1.165) is 44.1 Å². The first-order valence-corrected chi connectivity index (χ1v) is 28.9. The van der Waals surface area contributed by atoms with Gasteiger partial charge in [0.15, 0.2) is 29.2 Å². The lowest BCUT2D eigenvalue weighted by atomic mass is 9.86. The van der Waals surface area contributed by atoms with Crippen LogP contribution in [0, 0.1) is 23.7 Å². The van der Waals surface area contributed by atoms with Crippen molar-refractivity contribution in [2.45, 2.75) is 173 Å². The van der Waals surface area contributed by atoms with Gasteiger partial charge >= 0.3 is 7.60 Å². The number of allylic oxidation sites excluding steroid dienone is 1. The maximum Gasteiger partial charge on any atom is 0.337 e. The number of hydrogen-bond donors (Lipinski definition) is 0. The van der Waals surface area contributed by atoms with Gasteiger partial charge in [0.05, 0.1) is 12.2 Å². The minimum atomic E-state index is -3.55. The van der Waals surface area contributed by atoms with E-state index in [9.17, 15) is 14.2 Å². The standard InChI is InChI=1S/C42H77O11PSi2/c1-41(2,3)55(9,10)50-27-34-32(36(44)26-38(34)53-40-21-14-16-23-49-40)19-17-18-30-24-37(52-39-20-13-15-22-48-39)35(28-51-56(11,12)42(4,5)6)33(30)25-31(43)29-54(45,46-7)47-8/h18,32-35,37-40H,13-17,19-29H2,1-12H3/b30-18+/t32-,33+,34-,35-,37-,38-,39?,40?/m1/s1. The predicted octanol–water partition coefficient (Wildman–Crippen LogP) is 9.85. The van der Waals surface area contributed by atoms with Gasteiger partial charge in [0.1, 0.15) is 17.7 Å². The van der Waals surface area contributed by atoms with Gasteiger partial charge in [-0.05, 0) is 100.0 Å². The summed E-state index contributed by atoms with van der Waals surface area (Å²) < 4.78 is 62.4. The molecule has 2 aliphatic carbocycles. The zero-order valence-electron chi connectivity index (χ0n) is 36.9. The lowest BCUT2D eigenvalue weighted by Gasteiger charge is -2.38. The Balaban J connectivity index is 1.61. The largest absolute Gasteiger partial charge is 0.416 e. The highest BCUT2D eigenvalue weighted by Gasteiger charge is 2.48. The molecule has 0 aromatic heterocycles. The Morgan fingerprint density at radius 2 is 1.25 bits per heavy atom. The summed E-state index contributed by atoms with van der Waals surface area (Å²) in [6, 6.07) is 0. The second-order valence-electron chi connectivity index (χ2n) is 19.7. The van der Waals surface area contributed by atoms with Crippen LogP contribution in [0.3, 0.4) is 0 Å². The molecule has 2 saturated carbocycles. The molecule has 56 heavy (non-hydrogen) atoms. The van der Waals surface area contributed by atoms with Gasteiger partial charge in [0.2, 0.25) is 0 Å². The number of carbonyl (C=O) groups excluding carboxylic acids is 2. The Morgan fingerprint density at radius 1 is 0.768 bits per heavy atom. The topological polar surface area (TPSA) is 125 Å². The summed E-state index contributed by atoms with van der Waals surface area (Å²) in [5.41, 5.74) is 1.12. The van der Waals surface area contributed by atoms with Crippen LogP contribution in [-0.4, -0.2) is 99.8 Å². The van der Waals surface area contributed by atoms with Crippen LogP contribution in [0.25, 0.3) is 0 Å². The van der Waals surface area contributed by atoms with Crippen LogP contribution in [0.2, 0.25) is 36.3 Å². The van der Waals surface area contributed by atoms with Gasteiger partial charge in [-0.2, -0.15) is 0 Å². The van der Waals surface area contributed by atoms with E-state index in [4.69, 9.17) is 36.8 Å². The summed E-state index contributed by atoms with van der Waals surface area (Å²) in [6.45, 7) is 24.7. The first kappa shape index (κ1) is 48.1. The molecule has 2 heterocycles. The lowest BCUT2D eigenvalue weighted by molar-refractivity contribution is -0.197. The Kier molecular flexibility index (Phi) is 17.5. The Morgan fingerprint density at radius 3 is 1.70 bits per heavy atom. The van der Waals surface area contributed by atoms with Crippen molar-refractivity contribution in [2.24, 2.45) is 23.7 Å². The van der Waals surface area contributed by atoms with Crippen LogP contribution in [0.5, 0.6) is 0 Å². The van der Waals surface area contributed by atoms with Crippen molar-refractivity contribution < 1.29 is 51.0 Å². The third-order valence-corrected chi connectivity index (χ3v) is 24.6. The molecule has 0 bridgehead atoms. The predicted molar refractivity (Wildman–Crippen MR) is 225 cm³/mol. The number of hydrogen-bond acceptors (Lipinski definition) is 11. The molecule has 0 N–H and O–H groups in total. The minimum absolute atomic E-state index is 0.00529. The quantitative estimate of drug-likeness (QED) is 0.0701. The smallest absolute Gasteiger partial charge is 0.337 e. The molecule has 8 atom stereocenters. The lowest BCUT2D eigenvalue weighted by Crippen LogP contribution is -2.44. The minimum Gasteiger partial charge on any atom is -0.416 e. The molecule has 4 fully saturated rings. The summed E-state index contributed by atoms with van der Waals surface area (Å²) in [5.74, 6) is -0.540. The van der Waals surface area contributed by atoms with Crippen LogP contribution in [0.1, 0.15) is 112 Å². The molecule has 0 aromatic carbocycles. The molecule has 2 saturated heterocycles. The van der Waals surface area contributed by atoms with Gasteiger partial charge in [-0.15, -0.1) is 0 Å². The van der Waals surface area contributed by atoms with Crippen LogP contribution < -0.4 is 0 Å². The van der Waals surface area contributed by atoms with Crippen molar-refractivity contribution >= 4 is 35.8 Å². The fourth-order valence-corrected chi connectivity index (χ4v) is 11.0. The van der Waals surface area contributed by atoms with Crippen LogP contribution in [0.4, 0.5) is 0 Å². The van der Waals surface area contributed by atoms with E-state index in [1.165, 1.54) is 14.2 Å². The average molecular weight is 845 g/mol. The van der Waals surface area contributed by atoms with Gasteiger partial charge in [-0.3, -0.25) is 14.2 Å². The maximum absolute atomic E-state index is 13.8. The Hall–Kier alpha value is -0.576. The van der Waals surface area contributed by atoms with Gasteiger partial charge in [-0.25, -0.2) is 0 Å². The summed E-state index contributed by atoms with van der Waals surface area (Å²) >= 11 is 0. The van der Waals surface area contributed by atoms with Crippen molar-refractivity contribution in [1.29, 1.82) is 0 Å². The highest BCUT2D eigenvalue weighted by Crippen LogP contribution is 2.49. The highest BCUT2D eigenvalue weighted by atomic mass is 31.2. The second kappa shape index (κ2) is 20.3. The Labute approximate surface area is 341 Å². The van der Waals surface area contributed by atoms with Crippen molar-refractivity contribution in [2.75, 3.05) is 46.8 Å². The van der Waals surface area contributed by atoms with E-state index >= 15 is 0 Å². The fraction of sp³-hybridized carbons (Fsp3) is 0.905. The number of ketones is 2. The van der Waals surface area contributed by atoms with Crippen molar-refractivity contribution in [3.05, 3.63) is 11.6 Å². The van der Waals surface area contributed by atoms with E-state index in [2.05, 4.69) is 73.8 Å². The van der Waals surface area contributed by atoms with Crippen LogP contribution in [0.15, 0.2) is 11.6 Å². The third kappa shape index (κ3) is 13.0. The zero-order chi connectivity index (χ0) is 41.5. The first-order chi connectivity index (χ1) is 26.1. The molecule has 14 heteroatoms. The maximum atomic E-state index is 13.8. The molecule has 2 unspecified atom stereocenters. The van der Waals surface area contributed by atoms with Gasteiger partial charge < -0.3 is 36.8 Å². The van der Waals surface area contributed by atoms with Crippen LogP contribution >= 0.6 is 7.60 Å². The van der Waals surface area contributed by atoms with E-state index in [0.29, 0.717) is 52.1 Å². The Bertz CT molecular complexity index is 1350. The summed E-state index contributed by atoms with van der Waals surface area (Å²) in [7, 11) is -5.16. The van der Waals surface area contributed by atoms with Gasteiger partial charge in [0, 0.05) is 71.2 Å². The van der Waals surface area contributed by atoms with Crippen LogP contribution in [-0.2, 0) is 51.0 Å².